The van der Waals surface area contributed by atoms with E-state index in [4.69, 9.17) is 0 Å². The predicted octanol–water partition coefficient (Wildman–Crippen LogP) is 2.47. The monoisotopic (exact) mass is 305 g/mol. The molecule has 1 N–H and O–H groups in total. The first-order valence-corrected chi connectivity index (χ1v) is 7.25. The van der Waals surface area contributed by atoms with Gasteiger partial charge in [0.25, 0.3) is 5.91 Å². The minimum absolute atomic E-state index is 0.0860. The lowest BCUT2D eigenvalue weighted by molar-refractivity contribution is 0.0697. The molecule has 0 aliphatic rings. The number of aromatic carboxylic acids is 1. The molecule has 7 heteroatoms. The van der Waals surface area contributed by atoms with Crippen LogP contribution in [0.5, 0.6) is 0 Å². The van der Waals surface area contributed by atoms with Crippen LogP contribution in [0.2, 0.25) is 0 Å². The number of hydrogen-bond acceptors (Lipinski definition) is 5. The number of benzene rings is 1. The van der Waals surface area contributed by atoms with Crippen molar-refractivity contribution in [3.63, 3.8) is 0 Å². The van der Waals surface area contributed by atoms with Crippen molar-refractivity contribution in [3.05, 3.63) is 40.4 Å². The van der Waals surface area contributed by atoms with Gasteiger partial charge in [-0.3, -0.25) is 4.79 Å². The topological polar surface area (TPSA) is 83.4 Å². The Hall–Kier alpha value is -2.28. The van der Waals surface area contributed by atoms with Crippen molar-refractivity contribution >= 4 is 29.1 Å². The Morgan fingerprint density at radius 2 is 2.05 bits per heavy atom. The molecule has 0 aliphatic heterocycles. The van der Waals surface area contributed by atoms with Crippen LogP contribution in [0, 0.1) is 0 Å². The van der Waals surface area contributed by atoms with Crippen molar-refractivity contribution in [2.45, 2.75) is 19.8 Å². The summed E-state index contributed by atoms with van der Waals surface area (Å²) in [5.74, 6) is -1.36. The Labute approximate surface area is 126 Å². The molecule has 1 aromatic heterocycles. The number of amides is 1. The first-order valence-electron chi connectivity index (χ1n) is 6.47. The van der Waals surface area contributed by atoms with E-state index in [1.807, 2.05) is 6.92 Å². The Morgan fingerprint density at radius 1 is 1.33 bits per heavy atom. The number of carboxylic acids is 1. The molecule has 0 atom stereocenters. The number of carbonyl (C=O) groups is 2. The minimum atomic E-state index is -1.07. The second-order valence-corrected chi connectivity index (χ2v) is 5.24. The summed E-state index contributed by atoms with van der Waals surface area (Å²) < 4.78 is 3.82. The van der Waals surface area contributed by atoms with E-state index in [0.29, 0.717) is 22.7 Å². The summed E-state index contributed by atoms with van der Waals surface area (Å²) in [5, 5.41) is 13.2. The Balaban J connectivity index is 2.36. The maximum atomic E-state index is 12.5. The highest BCUT2D eigenvalue weighted by atomic mass is 32.1. The molecule has 2 rings (SSSR count). The molecular weight excluding hydrogens is 290 g/mol. The van der Waals surface area contributed by atoms with Crippen LogP contribution < -0.4 is 4.90 Å². The maximum absolute atomic E-state index is 12.5. The molecule has 0 fully saturated rings. The average Bonchev–Trinajstić information content (AvgIpc) is 2.94. The van der Waals surface area contributed by atoms with Crippen LogP contribution in [0.1, 0.15) is 39.1 Å². The molecule has 1 aromatic carbocycles. The molecule has 0 spiro atoms. The van der Waals surface area contributed by atoms with Gasteiger partial charge >= 0.3 is 5.97 Å². The fourth-order valence-electron chi connectivity index (χ4n) is 1.98. The molecule has 1 amide bonds. The third-order valence-electron chi connectivity index (χ3n) is 3.04. The summed E-state index contributed by atoms with van der Waals surface area (Å²) in [5.41, 5.74) is 1.10. The summed E-state index contributed by atoms with van der Waals surface area (Å²) >= 11 is 1.04. The second kappa shape index (κ2) is 6.45. The van der Waals surface area contributed by atoms with Crippen LogP contribution in [-0.4, -0.2) is 33.6 Å². The third kappa shape index (κ3) is 3.08. The predicted molar refractivity (Wildman–Crippen MR) is 80.0 cm³/mol. The lowest BCUT2D eigenvalue weighted by Crippen LogP contribution is -2.28. The summed E-state index contributed by atoms with van der Waals surface area (Å²) in [7, 11) is 1.56. The van der Waals surface area contributed by atoms with Gasteiger partial charge in [-0.05, 0) is 30.1 Å². The first kappa shape index (κ1) is 15.1. The summed E-state index contributed by atoms with van der Waals surface area (Å²) in [6.45, 7) is 2.00. The van der Waals surface area contributed by atoms with Gasteiger partial charge in [0.2, 0.25) is 0 Å². The highest BCUT2D eigenvalue weighted by Crippen LogP contribution is 2.23. The number of rotatable bonds is 5. The molecule has 21 heavy (non-hydrogen) atoms. The van der Waals surface area contributed by atoms with Crippen LogP contribution in [0.25, 0.3) is 0 Å². The Bertz CT molecular complexity index is 669. The largest absolute Gasteiger partial charge is 0.478 e. The van der Waals surface area contributed by atoms with E-state index in [0.717, 1.165) is 18.0 Å². The molecule has 0 unspecified atom stereocenters. The summed E-state index contributed by atoms with van der Waals surface area (Å²) in [6, 6.07) is 6.40. The van der Waals surface area contributed by atoms with Gasteiger partial charge in [-0.15, -0.1) is 5.10 Å². The zero-order valence-electron chi connectivity index (χ0n) is 11.7. The third-order valence-corrected chi connectivity index (χ3v) is 3.79. The second-order valence-electron chi connectivity index (χ2n) is 4.49. The van der Waals surface area contributed by atoms with Gasteiger partial charge in [0.05, 0.1) is 16.9 Å². The normalized spacial score (nSPS) is 10.4. The molecule has 0 saturated carbocycles. The molecule has 0 bridgehead atoms. The number of carbonyl (C=O) groups excluding carboxylic acids is 1. The van der Waals surface area contributed by atoms with Gasteiger partial charge in [-0.1, -0.05) is 30.0 Å². The van der Waals surface area contributed by atoms with Crippen LogP contribution in [0.15, 0.2) is 24.3 Å². The quantitative estimate of drug-likeness (QED) is 0.917. The van der Waals surface area contributed by atoms with E-state index >= 15 is 0 Å². The standard InChI is InChI=1S/C14H15N3O3S/c1-3-6-10-12(21-16-15-10)13(18)17(2)11-8-5-4-7-9(11)14(19)20/h4-5,7-8H,3,6H2,1-2H3,(H,19,20). The number of carboxylic acid groups (broad SMARTS) is 1. The van der Waals surface area contributed by atoms with Crippen molar-refractivity contribution in [2.75, 3.05) is 11.9 Å². The van der Waals surface area contributed by atoms with Gasteiger partial charge < -0.3 is 10.0 Å². The first-order chi connectivity index (χ1) is 10.1. The molecule has 0 aliphatic carbocycles. The van der Waals surface area contributed by atoms with Crippen LogP contribution in [0.3, 0.4) is 0 Å². The van der Waals surface area contributed by atoms with E-state index < -0.39 is 5.97 Å². The van der Waals surface area contributed by atoms with E-state index in [1.165, 1.54) is 11.0 Å². The van der Waals surface area contributed by atoms with Gasteiger partial charge in [0, 0.05) is 7.05 Å². The number of anilines is 1. The molecule has 6 nitrogen and oxygen atoms in total. The van der Waals surface area contributed by atoms with E-state index in [1.54, 1.807) is 25.2 Å². The van der Waals surface area contributed by atoms with E-state index in [9.17, 15) is 14.7 Å². The van der Waals surface area contributed by atoms with Crippen molar-refractivity contribution in [1.82, 2.24) is 9.59 Å². The molecule has 110 valence electrons. The molecular formula is C14H15N3O3S. The number of nitrogens with zero attached hydrogens (tertiary/aromatic N) is 3. The van der Waals surface area contributed by atoms with Crippen LogP contribution in [-0.2, 0) is 6.42 Å². The van der Waals surface area contributed by atoms with E-state index in [-0.39, 0.29) is 11.5 Å². The highest BCUT2D eigenvalue weighted by molar-refractivity contribution is 7.08. The lowest BCUT2D eigenvalue weighted by Gasteiger charge is -2.18. The number of aryl methyl sites for hydroxylation is 1. The zero-order valence-corrected chi connectivity index (χ0v) is 12.6. The summed E-state index contributed by atoms with van der Waals surface area (Å²) in [4.78, 5) is 25.6. The van der Waals surface area contributed by atoms with Crippen molar-refractivity contribution < 1.29 is 14.7 Å². The van der Waals surface area contributed by atoms with Crippen molar-refractivity contribution in [1.29, 1.82) is 0 Å². The Morgan fingerprint density at radius 3 is 2.71 bits per heavy atom. The maximum Gasteiger partial charge on any atom is 0.337 e. The lowest BCUT2D eigenvalue weighted by atomic mass is 10.1. The van der Waals surface area contributed by atoms with Gasteiger partial charge in [0.1, 0.15) is 4.88 Å². The fraction of sp³-hybridized carbons (Fsp3) is 0.286. The number of hydrogen-bond donors (Lipinski definition) is 1. The average molecular weight is 305 g/mol. The number of aromatic nitrogens is 2. The van der Waals surface area contributed by atoms with Gasteiger partial charge in [0.15, 0.2) is 0 Å². The fourth-order valence-corrected chi connectivity index (χ4v) is 2.66. The van der Waals surface area contributed by atoms with Crippen molar-refractivity contribution in [3.8, 4) is 0 Å². The van der Waals surface area contributed by atoms with Crippen LogP contribution in [0.4, 0.5) is 5.69 Å². The molecule has 0 saturated heterocycles. The SMILES string of the molecule is CCCc1nnsc1C(=O)N(C)c1ccccc1C(=O)O. The molecule has 2 aromatic rings. The number of para-hydroxylation sites is 1. The van der Waals surface area contributed by atoms with Gasteiger partial charge in [-0.25, -0.2) is 4.79 Å². The van der Waals surface area contributed by atoms with E-state index in [2.05, 4.69) is 9.59 Å². The smallest absolute Gasteiger partial charge is 0.337 e. The summed E-state index contributed by atoms with van der Waals surface area (Å²) in [6.07, 6.45) is 1.53. The highest BCUT2D eigenvalue weighted by Gasteiger charge is 2.23. The molecule has 0 radical (unpaired) electrons. The molecule has 1 heterocycles. The Kier molecular flexibility index (Phi) is 4.64. The van der Waals surface area contributed by atoms with Crippen molar-refractivity contribution in [2.24, 2.45) is 0 Å². The van der Waals surface area contributed by atoms with Gasteiger partial charge in [-0.2, -0.15) is 0 Å². The van der Waals surface area contributed by atoms with Crippen LogP contribution >= 0.6 is 11.5 Å². The minimum Gasteiger partial charge on any atom is -0.478 e. The zero-order chi connectivity index (χ0) is 15.4.